The van der Waals surface area contributed by atoms with E-state index >= 15 is 0 Å². The molecule has 0 saturated carbocycles. The molecule has 1 aliphatic heterocycles. The van der Waals surface area contributed by atoms with E-state index in [1.165, 1.54) is 0 Å². The largest absolute Gasteiger partial charge is 0.229 e. The first-order chi connectivity index (χ1) is 9.80. The SMILES string of the molecule is N#Cc1ccc(CS(=O)(=O)NC2CCS(=O)(=O)CC2)cc1. The molecule has 1 N–H and O–H groups in total. The van der Waals surface area contributed by atoms with Crippen LogP contribution in [0.25, 0.3) is 0 Å². The highest BCUT2D eigenvalue weighted by Gasteiger charge is 2.26. The Hall–Kier alpha value is -1.43. The van der Waals surface area contributed by atoms with Crippen molar-refractivity contribution in [2.45, 2.75) is 24.6 Å². The van der Waals surface area contributed by atoms with Gasteiger partial charge in [-0.3, -0.25) is 0 Å². The molecule has 1 aromatic rings. The summed E-state index contributed by atoms with van der Waals surface area (Å²) in [6, 6.07) is 7.98. The average molecular weight is 328 g/mol. The Labute approximate surface area is 124 Å². The molecule has 1 aromatic carbocycles. The minimum atomic E-state index is -3.52. The summed E-state index contributed by atoms with van der Waals surface area (Å²) in [5.41, 5.74) is 1.06. The van der Waals surface area contributed by atoms with E-state index in [0.29, 0.717) is 24.0 Å². The van der Waals surface area contributed by atoms with E-state index in [9.17, 15) is 16.8 Å². The van der Waals surface area contributed by atoms with Gasteiger partial charge in [-0.2, -0.15) is 5.26 Å². The highest BCUT2D eigenvalue weighted by molar-refractivity contribution is 7.91. The normalized spacial score (nSPS) is 19.0. The van der Waals surface area contributed by atoms with E-state index in [1.54, 1.807) is 24.3 Å². The van der Waals surface area contributed by atoms with Gasteiger partial charge in [0.15, 0.2) is 0 Å². The number of sulfonamides is 1. The van der Waals surface area contributed by atoms with E-state index in [4.69, 9.17) is 5.26 Å². The smallest absolute Gasteiger partial charge is 0.216 e. The van der Waals surface area contributed by atoms with Gasteiger partial charge in [0.05, 0.1) is 28.9 Å². The van der Waals surface area contributed by atoms with Crippen molar-refractivity contribution < 1.29 is 16.8 Å². The van der Waals surface area contributed by atoms with Crippen LogP contribution < -0.4 is 4.72 Å². The first-order valence-corrected chi connectivity index (χ1v) is 9.96. The van der Waals surface area contributed by atoms with E-state index in [2.05, 4.69) is 4.72 Å². The lowest BCUT2D eigenvalue weighted by atomic mass is 10.2. The molecule has 0 aliphatic carbocycles. The van der Waals surface area contributed by atoms with Gasteiger partial charge in [-0.05, 0) is 30.5 Å². The molecule has 1 saturated heterocycles. The monoisotopic (exact) mass is 328 g/mol. The van der Waals surface area contributed by atoms with Crippen molar-refractivity contribution in [3.05, 3.63) is 35.4 Å². The Morgan fingerprint density at radius 1 is 1.19 bits per heavy atom. The van der Waals surface area contributed by atoms with Gasteiger partial charge >= 0.3 is 0 Å². The molecule has 1 aliphatic rings. The second-order valence-corrected chi connectivity index (χ2v) is 9.17. The van der Waals surface area contributed by atoms with Crippen molar-refractivity contribution >= 4 is 19.9 Å². The van der Waals surface area contributed by atoms with Gasteiger partial charge in [0.1, 0.15) is 9.84 Å². The summed E-state index contributed by atoms with van der Waals surface area (Å²) in [4.78, 5) is 0. The molecule has 0 radical (unpaired) electrons. The van der Waals surface area contributed by atoms with Gasteiger partial charge in [-0.1, -0.05) is 12.1 Å². The van der Waals surface area contributed by atoms with Crippen molar-refractivity contribution in [1.82, 2.24) is 4.72 Å². The zero-order valence-corrected chi connectivity index (χ0v) is 13.0. The average Bonchev–Trinajstić information content (AvgIpc) is 2.41. The zero-order valence-electron chi connectivity index (χ0n) is 11.3. The lowest BCUT2D eigenvalue weighted by Crippen LogP contribution is -2.41. The first kappa shape index (κ1) is 15.9. The lowest BCUT2D eigenvalue weighted by Gasteiger charge is -2.22. The summed E-state index contributed by atoms with van der Waals surface area (Å²) >= 11 is 0. The Morgan fingerprint density at radius 2 is 1.76 bits per heavy atom. The summed E-state index contributed by atoms with van der Waals surface area (Å²) < 4.78 is 49.3. The van der Waals surface area contributed by atoms with Crippen LogP contribution in [0.2, 0.25) is 0 Å². The minimum absolute atomic E-state index is 0.0249. The molecule has 1 fully saturated rings. The van der Waals surface area contributed by atoms with Crippen LogP contribution in [0.3, 0.4) is 0 Å². The molecule has 114 valence electrons. The second kappa shape index (κ2) is 6.13. The zero-order chi connectivity index (χ0) is 15.5. The van der Waals surface area contributed by atoms with Crippen LogP contribution >= 0.6 is 0 Å². The van der Waals surface area contributed by atoms with Crippen LogP contribution in [0.1, 0.15) is 24.0 Å². The van der Waals surface area contributed by atoms with Crippen LogP contribution in [0.5, 0.6) is 0 Å². The molecule has 1 heterocycles. The van der Waals surface area contributed by atoms with Crippen molar-refractivity contribution in [1.29, 1.82) is 5.26 Å². The van der Waals surface area contributed by atoms with E-state index < -0.39 is 19.9 Å². The van der Waals surface area contributed by atoms with E-state index in [1.807, 2.05) is 6.07 Å². The first-order valence-electron chi connectivity index (χ1n) is 6.49. The Balaban J connectivity index is 1.97. The maximum Gasteiger partial charge on any atom is 0.216 e. The number of benzene rings is 1. The quantitative estimate of drug-likeness (QED) is 0.869. The summed E-state index contributed by atoms with van der Waals surface area (Å²) in [5, 5.41) is 8.69. The molecule has 8 heteroatoms. The molecule has 0 bridgehead atoms. The third-order valence-corrected chi connectivity index (χ3v) is 6.46. The highest BCUT2D eigenvalue weighted by atomic mass is 32.2. The lowest BCUT2D eigenvalue weighted by molar-refractivity contribution is 0.505. The maximum atomic E-state index is 12.1. The number of rotatable bonds is 4. The Bertz CT molecular complexity index is 732. The molecule has 0 atom stereocenters. The van der Waals surface area contributed by atoms with Crippen LogP contribution in [0, 0.1) is 11.3 Å². The predicted molar refractivity (Wildman–Crippen MR) is 78.6 cm³/mol. The van der Waals surface area contributed by atoms with Crippen LogP contribution in [-0.4, -0.2) is 34.4 Å². The molecular weight excluding hydrogens is 312 g/mol. The molecular formula is C13H16N2O4S2. The van der Waals surface area contributed by atoms with Gasteiger partial charge in [0.25, 0.3) is 0 Å². The third kappa shape index (κ3) is 4.81. The van der Waals surface area contributed by atoms with Gasteiger partial charge < -0.3 is 0 Å². The van der Waals surface area contributed by atoms with Gasteiger partial charge in [0, 0.05) is 6.04 Å². The van der Waals surface area contributed by atoms with Gasteiger partial charge in [0.2, 0.25) is 10.0 Å². The summed E-state index contributed by atoms with van der Waals surface area (Å²) in [6.45, 7) is 0. The summed E-state index contributed by atoms with van der Waals surface area (Å²) in [6.07, 6.45) is 0.629. The molecule has 0 aromatic heterocycles. The van der Waals surface area contributed by atoms with E-state index in [-0.39, 0.29) is 23.3 Å². The topological polar surface area (TPSA) is 104 Å². The predicted octanol–water partition coefficient (Wildman–Crippen LogP) is 0.555. The fourth-order valence-corrected chi connectivity index (χ4v) is 5.15. The molecule has 0 spiro atoms. The number of sulfone groups is 1. The fraction of sp³-hybridized carbons (Fsp3) is 0.462. The number of hydrogen-bond donors (Lipinski definition) is 1. The second-order valence-electron chi connectivity index (χ2n) is 5.11. The molecule has 0 unspecified atom stereocenters. The number of nitriles is 1. The van der Waals surface area contributed by atoms with E-state index in [0.717, 1.165) is 0 Å². The fourth-order valence-electron chi connectivity index (χ4n) is 2.20. The Kier molecular flexibility index (Phi) is 4.66. The Morgan fingerprint density at radius 3 is 2.29 bits per heavy atom. The van der Waals surface area contributed by atoms with Gasteiger partial charge in [-0.15, -0.1) is 0 Å². The summed E-state index contributed by atoms with van der Waals surface area (Å²) in [5.74, 6) is -0.129. The minimum Gasteiger partial charge on any atom is -0.229 e. The van der Waals surface area contributed by atoms with Crippen molar-refractivity contribution in [2.24, 2.45) is 0 Å². The maximum absolute atomic E-state index is 12.1. The number of nitrogens with zero attached hydrogens (tertiary/aromatic N) is 1. The third-order valence-electron chi connectivity index (χ3n) is 3.34. The summed E-state index contributed by atoms with van der Waals surface area (Å²) in [7, 11) is -6.52. The van der Waals surface area contributed by atoms with Crippen molar-refractivity contribution in [3.63, 3.8) is 0 Å². The molecule has 2 rings (SSSR count). The molecule has 21 heavy (non-hydrogen) atoms. The molecule has 0 amide bonds. The molecule has 6 nitrogen and oxygen atoms in total. The standard InChI is InChI=1S/C13H16N2O4S2/c14-9-11-1-3-12(4-2-11)10-21(18,19)15-13-5-7-20(16,17)8-6-13/h1-4,13,15H,5-8,10H2. The van der Waals surface area contributed by atoms with Crippen molar-refractivity contribution in [2.75, 3.05) is 11.5 Å². The number of hydrogen-bond acceptors (Lipinski definition) is 5. The van der Waals surface area contributed by atoms with Crippen LogP contribution in [0.4, 0.5) is 0 Å². The van der Waals surface area contributed by atoms with Crippen molar-refractivity contribution in [3.8, 4) is 6.07 Å². The number of nitrogens with one attached hydrogen (secondary N) is 1. The van der Waals surface area contributed by atoms with Gasteiger partial charge in [-0.25, -0.2) is 21.6 Å². The van der Waals surface area contributed by atoms with Crippen LogP contribution in [0.15, 0.2) is 24.3 Å². The van der Waals surface area contributed by atoms with Crippen LogP contribution in [-0.2, 0) is 25.6 Å². The highest BCUT2D eigenvalue weighted by Crippen LogP contribution is 2.14.